The van der Waals surface area contributed by atoms with Crippen molar-refractivity contribution in [2.45, 2.75) is 13.8 Å². The first-order chi connectivity index (χ1) is 6.16. The fourth-order valence-electron chi connectivity index (χ4n) is 1.28. The number of aromatic nitrogens is 1. The zero-order chi connectivity index (χ0) is 9.42. The lowest BCUT2D eigenvalue weighted by Gasteiger charge is -1.95. The van der Waals surface area contributed by atoms with Crippen LogP contribution in [-0.2, 0) is 0 Å². The lowest BCUT2D eigenvalue weighted by molar-refractivity contribution is 0.561. The number of hydrogen-bond donors (Lipinski definition) is 1. The molecule has 3 heteroatoms. The Morgan fingerprint density at radius 3 is 2.92 bits per heavy atom. The van der Waals surface area contributed by atoms with Crippen molar-refractivity contribution in [3.63, 3.8) is 0 Å². The number of nitrogens with zero attached hydrogens (tertiary/aromatic N) is 1. The number of benzene rings is 1. The summed E-state index contributed by atoms with van der Waals surface area (Å²) in [5.41, 5.74) is 3.03. The molecule has 0 atom stereocenters. The summed E-state index contributed by atoms with van der Waals surface area (Å²) in [6.07, 6.45) is 0. The minimum Gasteiger partial charge on any atom is -0.441 e. The highest BCUT2D eigenvalue weighted by molar-refractivity contribution is 5.98. The molecule has 1 aromatic heterocycles. The molecule has 0 saturated heterocycles. The maximum atomic E-state index is 7.46. The first kappa shape index (κ1) is 7.98. The molecule has 1 heterocycles. The molecule has 0 fully saturated rings. The van der Waals surface area contributed by atoms with E-state index in [2.05, 4.69) is 4.98 Å². The quantitative estimate of drug-likeness (QED) is 0.675. The van der Waals surface area contributed by atoms with Crippen LogP contribution in [0.2, 0.25) is 0 Å². The number of hydrogen-bond acceptors (Lipinski definition) is 3. The predicted molar refractivity (Wildman–Crippen MR) is 51.2 cm³/mol. The zero-order valence-corrected chi connectivity index (χ0v) is 7.59. The molecule has 13 heavy (non-hydrogen) atoms. The summed E-state index contributed by atoms with van der Waals surface area (Å²) in [6, 6.07) is 5.59. The van der Waals surface area contributed by atoms with E-state index in [4.69, 9.17) is 9.83 Å². The lowest BCUT2D eigenvalue weighted by Crippen LogP contribution is -1.90. The van der Waals surface area contributed by atoms with Crippen LogP contribution in [0, 0.1) is 12.3 Å². The Hall–Kier alpha value is -1.64. The van der Waals surface area contributed by atoms with Crippen molar-refractivity contribution in [1.82, 2.24) is 4.98 Å². The first-order valence-corrected chi connectivity index (χ1v) is 4.09. The summed E-state index contributed by atoms with van der Waals surface area (Å²) in [5, 5.41) is 7.46. The molecule has 0 bridgehead atoms. The molecular weight excluding hydrogens is 164 g/mol. The second kappa shape index (κ2) is 2.69. The van der Waals surface area contributed by atoms with Crippen LogP contribution < -0.4 is 0 Å². The van der Waals surface area contributed by atoms with Gasteiger partial charge in [-0.3, -0.25) is 0 Å². The van der Waals surface area contributed by atoms with Crippen molar-refractivity contribution < 1.29 is 4.42 Å². The van der Waals surface area contributed by atoms with Crippen molar-refractivity contribution in [2.24, 2.45) is 0 Å². The third-order valence-electron chi connectivity index (χ3n) is 1.93. The van der Waals surface area contributed by atoms with Gasteiger partial charge >= 0.3 is 0 Å². The normalized spacial score (nSPS) is 10.6. The van der Waals surface area contributed by atoms with Gasteiger partial charge in [-0.1, -0.05) is 0 Å². The van der Waals surface area contributed by atoms with Gasteiger partial charge < -0.3 is 9.83 Å². The highest BCUT2D eigenvalue weighted by Crippen LogP contribution is 2.16. The Kier molecular flexibility index (Phi) is 1.65. The molecule has 0 unspecified atom stereocenters. The SMILES string of the molecule is CC(=N)c1ccc2oc(C)nc2c1. The smallest absolute Gasteiger partial charge is 0.192 e. The van der Waals surface area contributed by atoms with Gasteiger partial charge in [0.2, 0.25) is 0 Å². The van der Waals surface area contributed by atoms with Crippen LogP contribution in [0.3, 0.4) is 0 Å². The average Bonchev–Trinajstić information content (AvgIpc) is 2.42. The molecule has 66 valence electrons. The molecule has 0 aliphatic heterocycles. The molecule has 0 amide bonds. The van der Waals surface area contributed by atoms with Crippen molar-refractivity contribution in [2.75, 3.05) is 0 Å². The van der Waals surface area contributed by atoms with E-state index in [9.17, 15) is 0 Å². The molecule has 0 spiro atoms. The van der Waals surface area contributed by atoms with Gasteiger partial charge in [-0.2, -0.15) is 0 Å². The number of nitrogens with one attached hydrogen (secondary N) is 1. The van der Waals surface area contributed by atoms with E-state index in [-0.39, 0.29) is 0 Å². The van der Waals surface area contributed by atoms with Crippen molar-refractivity contribution in [1.29, 1.82) is 5.41 Å². The summed E-state index contributed by atoms with van der Waals surface area (Å²) in [4.78, 5) is 4.19. The maximum Gasteiger partial charge on any atom is 0.192 e. The second-order valence-electron chi connectivity index (χ2n) is 3.04. The van der Waals surface area contributed by atoms with Crippen LogP contribution in [-0.4, -0.2) is 10.7 Å². The maximum absolute atomic E-state index is 7.46. The third kappa shape index (κ3) is 1.33. The van der Waals surface area contributed by atoms with Crippen LogP contribution >= 0.6 is 0 Å². The number of fused-ring (bicyclic) bond motifs is 1. The van der Waals surface area contributed by atoms with Crippen LogP contribution in [0.25, 0.3) is 11.1 Å². The third-order valence-corrected chi connectivity index (χ3v) is 1.93. The summed E-state index contributed by atoms with van der Waals surface area (Å²) in [5.74, 6) is 0.662. The van der Waals surface area contributed by atoms with Gasteiger partial charge in [-0.05, 0) is 30.7 Å². The predicted octanol–water partition coefficient (Wildman–Crippen LogP) is 2.52. The van der Waals surface area contributed by atoms with E-state index < -0.39 is 0 Å². The fourth-order valence-corrected chi connectivity index (χ4v) is 1.28. The molecule has 0 saturated carbocycles. The van der Waals surface area contributed by atoms with Gasteiger partial charge in [0, 0.05) is 12.6 Å². The zero-order valence-electron chi connectivity index (χ0n) is 7.59. The minimum atomic E-state index is 0.544. The second-order valence-corrected chi connectivity index (χ2v) is 3.04. The van der Waals surface area contributed by atoms with Gasteiger partial charge in [-0.15, -0.1) is 0 Å². The van der Waals surface area contributed by atoms with E-state index >= 15 is 0 Å². The van der Waals surface area contributed by atoms with Crippen molar-refractivity contribution >= 4 is 16.8 Å². The average molecular weight is 174 g/mol. The molecule has 0 aliphatic rings. The fraction of sp³-hybridized carbons (Fsp3) is 0.200. The summed E-state index contributed by atoms with van der Waals surface area (Å²) in [6.45, 7) is 3.57. The number of oxazole rings is 1. The van der Waals surface area contributed by atoms with E-state index in [1.54, 1.807) is 6.92 Å². The monoisotopic (exact) mass is 174 g/mol. The van der Waals surface area contributed by atoms with E-state index in [1.807, 2.05) is 25.1 Å². The van der Waals surface area contributed by atoms with Gasteiger partial charge in [0.15, 0.2) is 11.5 Å². The molecule has 0 radical (unpaired) electrons. The van der Waals surface area contributed by atoms with Crippen molar-refractivity contribution in [3.05, 3.63) is 29.7 Å². The molecule has 2 rings (SSSR count). The Morgan fingerprint density at radius 2 is 2.23 bits per heavy atom. The highest BCUT2D eigenvalue weighted by atomic mass is 16.3. The molecule has 1 aromatic carbocycles. The van der Waals surface area contributed by atoms with Crippen molar-refractivity contribution in [3.8, 4) is 0 Å². The number of rotatable bonds is 1. The molecule has 2 aromatic rings. The highest BCUT2D eigenvalue weighted by Gasteiger charge is 2.03. The largest absolute Gasteiger partial charge is 0.441 e. The van der Waals surface area contributed by atoms with Crippen LogP contribution in [0.1, 0.15) is 18.4 Å². The first-order valence-electron chi connectivity index (χ1n) is 4.09. The number of aryl methyl sites for hydroxylation is 1. The Bertz CT molecular complexity index is 471. The summed E-state index contributed by atoms with van der Waals surface area (Å²) in [7, 11) is 0. The van der Waals surface area contributed by atoms with E-state index in [1.165, 1.54) is 0 Å². The Balaban J connectivity index is 2.67. The molecule has 3 nitrogen and oxygen atoms in total. The van der Waals surface area contributed by atoms with Crippen LogP contribution in [0.4, 0.5) is 0 Å². The van der Waals surface area contributed by atoms with E-state index in [0.29, 0.717) is 11.6 Å². The molecular formula is C10H10N2O. The van der Waals surface area contributed by atoms with Crippen LogP contribution in [0.5, 0.6) is 0 Å². The molecule has 0 aliphatic carbocycles. The molecule has 1 N–H and O–H groups in total. The van der Waals surface area contributed by atoms with Gasteiger partial charge in [0.1, 0.15) is 5.52 Å². The van der Waals surface area contributed by atoms with Crippen LogP contribution in [0.15, 0.2) is 22.6 Å². The summed E-state index contributed by atoms with van der Waals surface area (Å²) >= 11 is 0. The standard InChI is InChI=1S/C10H10N2O/c1-6(11)8-3-4-10-9(5-8)12-7(2)13-10/h3-5,11H,1-2H3. The topological polar surface area (TPSA) is 49.9 Å². The lowest BCUT2D eigenvalue weighted by atomic mass is 10.1. The summed E-state index contributed by atoms with van der Waals surface area (Å²) < 4.78 is 5.32. The van der Waals surface area contributed by atoms with Gasteiger partial charge in [0.25, 0.3) is 0 Å². The van der Waals surface area contributed by atoms with Gasteiger partial charge in [-0.25, -0.2) is 4.98 Å². The van der Waals surface area contributed by atoms with E-state index in [0.717, 1.165) is 16.7 Å². The van der Waals surface area contributed by atoms with Gasteiger partial charge in [0.05, 0.1) is 0 Å². The Labute approximate surface area is 75.9 Å². The minimum absolute atomic E-state index is 0.544. The Morgan fingerprint density at radius 1 is 1.46 bits per heavy atom.